The van der Waals surface area contributed by atoms with Crippen molar-refractivity contribution in [1.82, 2.24) is 10.2 Å². The first-order valence-electron chi connectivity index (χ1n) is 5.98. The number of carbonyl (C=O) groups excluding carboxylic acids is 1. The molecule has 0 aromatic heterocycles. The molecule has 3 nitrogen and oxygen atoms in total. The molecular formula is C13H17IN2O. The van der Waals surface area contributed by atoms with E-state index in [2.05, 4.69) is 40.0 Å². The Morgan fingerprint density at radius 1 is 1.35 bits per heavy atom. The topological polar surface area (TPSA) is 32.3 Å². The lowest BCUT2D eigenvalue weighted by atomic mass is 10.0. The third-order valence-corrected chi connectivity index (χ3v) is 3.82. The number of halogens is 1. The van der Waals surface area contributed by atoms with Crippen LogP contribution in [0, 0.1) is 0 Å². The Bertz CT molecular complexity index is 369. The Kier molecular flexibility index (Phi) is 4.65. The Labute approximate surface area is 116 Å². The lowest BCUT2D eigenvalue weighted by molar-refractivity contribution is 0.194. The third kappa shape index (κ3) is 3.12. The minimum Gasteiger partial charge on any atom is -0.336 e. The summed E-state index contributed by atoms with van der Waals surface area (Å²) in [7, 11) is 0. The van der Waals surface area contributed by atoms with Crippen molar-refractivity contribution in [3.8, 4) is 0 Å². The zero-order valence-corrected chi connectivity index (χ0v) is 11.9. The number of carbonyl (C=O) groups is 1. The number of nitrogens with one attached hydrogen (secondary N) is 1. The average Bonchev–Trinajstić information content (AvgIpc) is 2.78. The predicted molar refractivity (Wildman–Crippen MR) is 77.4 cm³/mol. The van der Waals surface area contributed by atoms with Crippen LogP contribution in [0.2, 0.25) is 0 Å². The summed E-state index contributed by atoms with van der Waals surface area (Å²) in [5, 5.41) is 2.88. The molecule has 0 saturated carbocycles. The van der Waals surface area contributed by atoms with Crippen LogP contribution in [0.4, 0.5) is 4.79 Å². The lowest BCUT2D eigenvalue weighted by Crippen LogP contribution is -2.32. The third-order valence-electron chi connectivity index (χ3n) is 3.06. The van der Waals surface area contributed by atoms with Crippen LogP contribution in [0.1, 0.15) is 24.4 Å². The fraction of sp³-hybridized carbons (Fsp3) is 0.462. The van der Waals surface area contributed by atoms with Crippen LogP contribution in [0.15, 0.2) is 30.3 Å². The molecule has 1 aromatic rings. The minimum atomic E-state index is 0.0762. The quantitative estimate of drug-likeness (QED) is 0.647. The molecular weight excluding hydrogens is 327 g/mol. The zero-order valence-electron chi connectivity index (χ0n) is 9.73. The Morgan fingerprint density at radius 2 is 2.12 bits per heavy atom. The summed E-state index contributed by atoms with van der Waals surface area (Å²) in [6.07, 6.45) is 2.18. The van der Waals surface area contributed by atoms with E-state index in [4.69, 9.17) is 0 Å². The second-order valence-corrected chi connectivity index (χ2v) is 5.26. The van der Waals surface area contributed by atoms with Crippen molar-refractivity contribution in [2.24, 2.45) is 0 Å². The first-order valence-corrected chi connectivity index (χ1v) is 7.51. The summed E-state index contributed by atoms with van der Waals surface area (Å²) in [5.74, 6) is 0. The Balaban J connectivity index is 2.16. The van der Waals surface area contributed by atoms with Crippen molar-refractivity contribution < 1.29 is 4.79 Å². The number of alkyl halides is 1. The summed E-state index contributed by atoms with van der Waals surface area (Å²) in [5.41, 5.74) is 1.24. The van der Waals surface area contributed by atoms with E-state index in [0.717, 1.165) is 30.4 Å². The van der Waals surface area contributed by atoms with Gasteiger partial charge in [-0.15, -0.1) is 0 Å². The summed E-state index contributed by atoms with van der Waals surface area (Å²) in [4.78, 5) is 13.7. The number of rotatable bonds is 5. The molecule has 0 radical (unpaired) electrons. The molecule has 2 rings (SSSR count). The van der Waals surface area contributed by atoms with Gasteiger partial charge in [0.15, 0.2) is 0 Å². The maximum absolute atomic E-state index is 11.8. The second-order valence-electron chi connectivity index (χ2n) is 4.18. The fourth-order valence-electron chi connectivity index (χ4n) is 2.23. The lowest BCUT2D eigenvalue weighted by Gasteiger charge is -2.27. The molecule has 0 aliphatic carbocycles. The van der Waals surface area contributed by atoms with Gasteiger partial charge in [-0.25, -0.2) is 4.79 Å². The number of hydrogen-bond donors (Lipinski definition) is 1. The molecule has 1 unspecified atom stereocenters. The van der Waals surface area contributed by atoms with E-state index < -0.39 is 0 Å². The average molecular weight is 344 g/mol. The summed E-state index contributed by atoms with van der Waals surface area (Å²) in [6.45, 7) is 1.59. The number of urea groups is 1. The summed E-state index contributed by atoms with van der Waals surface area (Å²) < 4.78 is 1.14. The molecule has 1 atom stereocenters. The number of amides is 2. The maximum Gasteiger partial charge on any atom is 0.318 e. The van der Waals surface area contributed by atoms with Crippen molar-refractivity contribution in [2.45, 2.75) is 18.9 Å². The summed E-state index contributed by atoms with van der Waals surface area (Å²) >= 11 is 2.39. The highest BCUT2D eigenvalue weighted by molar-refractivity contribution is 14.1. The summed E-state index contributed by atoms with van der Waals surface area (Å²) in [6, 6.07) is 10.6. The number of hydrogen-bond acceptors (Lipinski definition) is 1. The molecule has 1 heterocycles. The molecule has 92 valence electrons. The van der Waals surface area contributed by atoms with Crippen LogP contribution in [-0.2, 0) is 0 Å². The number of nitrogens with zero attached hydrogens (tertiary/aromatic N) is 1. The molecule has 0 spiro atoms. The van der Waals surface area contributed by atoms with Crippen LogP contribution >= 0.6 is 22.6 Å². The number of benzene rings is 1. The Hall–Kier alpha value is -0.780. The van der Waals surface area contributed by atoms with Gasteiger partial charge >= 0.3 is 6.03 Å². The van der Waals surface area contributed by atoms with Gasteiger partial charge in [-0.2, -0.15) is 0 Å². The highest BCUT2D eigenvalue weighted by atomic mass is 127. The molecule has 1 aromatic carbocycles. The monoisotopic (exact) mass is 344 g/mol. The van der Waals surface area contributed by atoms with Gasteiger partial charge in [-0.05, 0) is 22.8 Å². The maximum atomic E-state index is 11.8. The molecule has 1 aliphatic heterocycles. The normalized spacial score (nSPS) is 17.0. The van der Waals surface area contributed by atoms with Gasteiger partial charge in [0.05, 0.1) is 6.04 Å². The zero-order chi connectivity index (χ0) is 12.1. The van der Waals surface area contributed by atoms with Gasteiger partial charge < -0.3 is 10.2 Å². The van der Waals surface area contributed by atoms with Crippen LogP contribution < -0.4 is 5.32 Å². The molecule has 0 bridgehead atoms. The molecule has 1 aliphatic rings. The van der Waals surface area contributed by atoms with Gasteiger partial charge in [0.2, 0.25) is 0 Å². The highest BCUT2D eigenvalue weighted by Crippen LogP contribution is 2.27. The predicted octanol–water partition coefficient (Wildman–Crippen LogP) is 2.97. The van der Waals surface area contributed by atoms with Gasteiger partial charge in [0.1, 0.15) is 0 Å². The van der Waals surface area contributed by atoms with E-state index in [1.807, 2.05) is 23.1 Å². The fourth-order valence-corrected chi connectivity index (χ4v) is 2.67. The van der Waals surface area contributed by atoms with Crippen LogP contribution in [-0.4, -0.2) is 28.4 Å². The van der Waals surface area contributed by atoms with E-state index in [0.29, 0.717) is 0 Å². The molecule has 4 heteroatoms. The van der Waals surface area contributed by atoms with E-state index in [-0.39, 0.29) is 12.1 Å². The van der Waals surface area contributed by atoms with Gasteiger partial charge in [-0.3, -0.25) is 0 Å². The first-order chi connectivity index (χ1) is 8.33. The molecule has 1 fully saturated rings. The van der Waals surface area contributed by atoms with Crippen molar-refractivity contribution in [1.29, 1.82) is 0 Å². The van der Waals surface area contributed by atoms with Crippen LogP contribution in [0.3, 0.4) is 0 Å². The van der Waals surface area contributed by atoms with Crippen LogP contribution in [0.5, 0.6) is 0 Å². The molecule has 1 N–H and O–H groups in total. The van der Waals surface area contributed by atoms with Crippen molar-refractivity contribution in [2.75, 3.05) is 17.5 Å². The minimum absolute atomic E-state index is 0.0762. The van der Waals surface area contributed by atoms with Gasteiger partial charge in [0.25, 0.3) is 0 Å². The largest absolute Gasteiger partial charge is 0.336 e. The van der Waals surface area contributed by atoms with E-state index in [1.165, 1.54) is 5.56 Å². The van der Waals surface area contributed by atoms with Crippen LogP contribution in [0.25, 0.3) is 0 Å². The highest BCUT2D eigenvalue weighted by Gasteiger charge is 2.28. The van der Waals surface area contributed by atoms with E-state index in [9.17, 15) is 4.79 Å². The second kappa shape index (κ2) is 6.23. The standard InChI is InChI=1S/C13H17IN2O/c14-8-4-7-12(11-5-2-1-3-6-11)16-10-9-15-13(16)17/h1-3,5-6,12H,4,7-10H2,(H,15,17). The van der Waals surface area contributed by atoms with E-state index in [1.54, 1.807) is 0 Å². The molecule has 2 amide bonds. The van der Waals surface area contributed by atoms with Crippen molar-refractivity contribution in [3.05, 3.63) is 35.9 Å². The first kappa shape index (κ1) is 12.7. The smallest absolute Gasteiger partial charge is 0.318 e. The SMILES string of the molecule is O=C1NCCN1C(CCCI)c1ccccc1. The van der Waals surface area contributed by atoms with Gasteiger partial charge in [-0.1, -0.05) is 52.9 Å². The molecule has 17 heavy (non-hydrogen) atoms. The molecule has 1 saturated heterocycles. The van der Waals surface area contributed by atoms with Crippen molar-refractivity contribution in [3.63, 3.8) is 0 Å². The van der Waals surface area contributed by atoms with E-state index >= 15 is 0 Å². The Morgan fingerprint density at radius 3 is 2.71 bits per heavy atom. The van der Waals surface area contributed by atoms with Crippen molar-refractivity contribution >= 4 is 28.6 Å². The van der Waals surface area contributed by atoms with Gasteiger partial charge in [0, 0.05) is 13.1 Å².